The number of hydrogen-bond donors (Lipinski definition) is 1. The second-order valence-electron chi connectivity index (χ2n) is 4.63. The molecule has 1 N–H and O–H groups in total. The SMILES string of the molecule is Cl.Clc1ccccc1COCCC1CCNCC1. The van der Waals surface area contributed by atoms with E-state index in [9.17, 15) is 0 Å². The number of rotatable bonds is 5. The number of ether oxygens (including phenoxy) is 1. The van der Waals surface area contributed by atoms with Crippen molar-refractivity contribution in [2.45, 2.75) is 25.9 Å². The van der Waals surface area contributed by atoms with Gasteiger partial charge in [0.25, 0.3) is 0 Å². The summed E-state index contributed by atoms with van der Waals surface area (Å²) in [5.74, 6) is 0.836. The van der Waals surface area contributed by atoms with Crippen molar-refractivity contribution in [3.05, 3.63) is 34.9 Å². The van der Waals surface area contributed by atoms with Crippen LogP contribution in [0.3, 0.4) is 0 Å². The van der Waals surface area contributed by atoms with E-state index in [0.29, 0.717) is 6.61 Å². The van der Waals surface area contributed by atoms with Gasteiger partial charge < -0.3 is 10.1 Å². The zero-order valence-corrected chi connectivity index (χ0v) is 12.1. The van der Waals surface area contributed by atoms with Gasteiger partial charge in [-0.05, 0) is 49.9 Å². The lowest BCUT2D eigenvalue weighted by molar-refractivity contribution is 0.103. The average Bonchev–Trinajstić information content (AvgIpc) is 2.38. The Morgan fingerprint density at radius 3 is 2.67 bits per heavy atom. The Hall–Kier alpha value is -0.280. The molecule has 1 fully saturated rings. The van der Waals surface area contributed by atoms with E-state index in [1.54, 1.807) is 0 Å². The first-order valence-corrected chi connectivity index (χ1v) is 6.76. The van der Waals surface area contributed by atoms with E-state index < -0.39 is 0 Å². The number of piperidine rings is 1. The molecular formula is C14H21Cl2NO. The maximum atomic E-state index is 6.06. The van der Waals surface area contributed by atoms with Crippen molar-refractivity contribution >= 4 is 24.0 Å². The minimum Gasteiger partial charge on any atom is -0.377 e. The van der Waals surface area contributed by atoms with E-state index in [1.807, 2.05) is 24.3 Å². The quantitative estimate of drug-likeness (QED) is 0.835. The van der Waals surface area contributed by atoms with E-state index >= 15 is 0 Å². The van der Waals surface area contributed by atoms with E-state index in [0.717, 1.165) is 36.2 Å². The monoisotopic (exact) mass is 289 g/mol. The fourth-order valence-corrected chi connectivity index (χ4v) is 2.41. The van der Waals surface area contributed by atoms with E-state index in [1.165, 1.54) is 19.3 Å². The second-order valence-corrected chi connectivity index (χ2v) is 5.03. The van der Waals surface area contributed by atoms with Gasteiger partial charge in [-0.25, -0.2) is 0 Å². The van der Waals surface area contributed by atoms with Crippen LogP contribution in [0.2, 0.25) is 5.02 Å². The standard InChI is InChI=1S/C14H20ClNO.ClH/c15-14-4-2-1-3-13(14)11-17-10-7-12-5-8-16-9-6-12;/h1-4,12,16H,5-11H2;1H. The van der Waals surface area contributed by atoms with Crippen LogP contribution in [-0.2, 0) is 11.3 Å². The van der Waals surface area contributed by atoms with Crippen molar-refractivity contribution in [3.63, 3.8) is 0 Å². The summed E-state index contributed by atoms with van der Waals surface area (Å²) in [5.41, 5.74) is 1.08. The molecule has 0 unspecified atom stereocenters. The predicted octanol–water partition coefficient (Wildman–Crippen LogP) is 3.67. The first-order valence-electron chi connectivity index (χ1n) is 6.38. The van der Waals surface area contributed by atoms with Crippen molar-refractivity contribution in [3.8, 4) is 0 Å². The van der Waals surface area contributed by atoms with Crippen molar-refractivity contribution in [2.24, 2.45) is 5.92 Å². The van der Waals surface area contributed by atoms with Crippen molar-refractivity contribution in [1.82, 2.24) is 5.32 Å². The number of hydrogen-bond acceptors (Lipinski definition) is 2. The Balaban J connectivity index is 0.00000162. The zero-order chi connectivity index (χ0) is 11.9. The molecule has 1 aromatic rings. The topological polar surface area (TPSA) is 21.3 Å². The molecule has 0 atom stereocenters. The second kappa shape index (κ2) is 8.76. The van der Waals surface area contributed by atoms with E-state index in [4.69, 9.17) is 16.3 Å². The maximum Gasteiger partial charge on any atom is 0.0731 e. The minimum atomic E-state index is 0. The molecule has 0 aliphatic carbocycles. The predicted molar refractivity (Wildman–Crippen MR) is 78.6 cm³/mol. The van der Waals surface area contributed by atoms with Crippen LogP contribution in [0, 0.1) is 5.92 Å². The molecular weight excluding hydrogens is 269 g/mol. The molecule has 4 heteroatoms. The Kier molecular flexibility index (Phi) is 7.68. The highest BCUT2D eigenvalue weighted by atomic mass is 35.5. The summed E-state index contributed by atoms with van der Waals surface area (Å²) in [7, 11) is 0. The Bertz CT molecular complexity index is 340. The molecule has 1 heterocycles. The largest absolute Gasteiger partial charge is 0.377 e. The van der Waals surface area contributed by atoms with Crippen molar-refractivity contribution in [1.29, 1.82) is 0 Å². The molecule has 0 bridgehead atoms. The highest BCUT2D eigenvalue weighted by Crippen LogP contribution is 2.18. The molecule has 0 aromatic heterocycles. The Morgan fingerprint density at radius 2 is 1.94 bits per heavy atom. The van der Waals surface area contributed by atoms with Gasteiger partial charge in [-0.15, -0.1) is 12.4 Å². The summed E-state index contributed by atoms with van der Waals surface area (Å²) >= 11 is 6.06. The van der Waals surface area contributed by atoms with Crippen molar-refractivity contribution < 1.29 is 4.74 Å². The van der Waals surface area contributed by atoms with Crippen LogP contribution >= 0.6 is 24.0 Å². The number of halogens is 2. The van der Waals surface area contributed by atoms with Gasteiger partial charge >= 0.3 is 0 Å². The average molecular weight is 290 g/mol. The third kappa shape index (κ3) is 5.15. The minimum absolute atomic E-state index is 0. The lowest BCUT2D eigenvalue weighted by atomic mass is 9.95. The molecule has 0 radical (unpaired) electrons. The van der Waals surface area contributed by atoms with Crippen molar-refractivity contribution in [2.75, 3.05) is 19.7 Å². The van der Waals surface area contributed by atoms with E-state index in [2.05, 4.69) is 5.32 Å². The van der Waals surface area contributed by atoms with Crippen LogP contribution in [0.25, 0.3) is 0 Å². The molecule has 1 saturated heterocycles. The Morgan fingerprint density at radius 1 is 1.22 bits per heavy atom. The van der Waals surface area contributed by atoms with Crippen LogP contribution in [0.5, 0.6) is 0 Å². The fourth-order valence-electron chi connectivity index (χ4n) is 2.22. The van der Waals surface area contributed by atoms with Gasteiger partial charge in [0.2, 0.25) is 0 Å². The molecule has 2 nitrogen and oxygen atoms in total. The third-order valence-corrected chi connectivity index (χ3v) is 3.71. The summed E-state index contributed by atoms with van der Waals surface area (Å²) in [4.78, 5) is 0. The maximum absolute atomic E-state index is 6.06. The van der Waals surface area contributed by atoms with Crippen LogP contribution in [0.4, 0.5) is 0 Å². The molecule has 18 heavy (non-hydrogen) atoms. The molecule has 1 aliphatic heterocycles. The van der Waals surface area contributed by atoms with E-state index in [-0.39, 0.29) is 12.4 Å². The van der Waals surface area contributed by atoms with Crippen LogP contribution in [-0.4, -0.2) is 19.7 Å². The molecule has 1 aliphatic rings. The van der Waals surface area contributed by atoms with Crippen LogP contribution in [0.15, 0.2) is 24.3 Å². The number of nitrogens with one attached hydrogen (secondary N) is 1. The van der Waals surface area contributed by atoms with Gasteiger partial charge in [0.05, 0.1) is 6.61 Å². The highest BCUT2D eigenvalue weighted by Gasteiger charge is 2.12. The van der Waals surface area contributed by atoms with Gasteiger partial charge in [-0.3, -0.25) is 0 Å². The van der Waals surface area contributed by atoms with Crippen LogP contribution < -0.4 is 5.32 Å². The third-order valence-electron chi connectivity index (χ3n) is 3.34. The summed E-state index contributed by atoms with van der Waals surface area (Å²) in [6.07, 6.45) is 3.75. The lowest BCUT2D eigenvalue weighted by Crippen LogP contribution is -2.28. The molecule has 2 rings (SSSR count). The van der Waals surface area contributed by atoms with Gasteiger partial charge in [0.15, 0.2) is 0 Å². The number of benzene rings is 1. The van der Waals surface area contributed by atoms with Gasteiger partial charge in [0.1, 0.15) is 0 Å². The molecule has 0 amide bonds. The van der Waals surface area contributed by atoms with Crippen LogP contribution in [0.1, 0.15) is 24.8 Å². The normalized spacial score (nSPS) is 16.3. The molecule has 1 aromatic carbocycles. The molecule has 102 valence electrons. The van der Waals surface area contributed by atoms with Gasteiger partial charge in [0, 0.05) is 11.6 Å². The first-order chi connectivity index (χ1) is 8.36. The van der Waals surface area contributed by atoms with Gasteiger partial charge in [-0.2, -0.15) is 0 Å². The summed E-state index contributed by atoms with van der Waals surface area (Å²) in [5, 5.41) is 4.18. The lowest BCUT2D eigenvalue weighted by Gasteiger charge is -2.22. The Labute approximate surface area is 120 Å². The first kappa shape index (κ1) is 15.8. The zero-order valence-electron chi connectivity index (χ0n) is 10.5. The molecule has 0 saturated carbocycles. The van der Waals surface area contributed by atoms with Gasteiger partial charge in [-0.1, -0.05) is 29.8 Å². The summed E-state index contributed by atoms with van der Waals surface area (Å²) in [6.45, 7) is 3.80. The molecule has 0 spiro atoms. The summed E-state index contributed by atoms with van der Waals surface area (Å²) < 4.78 is 5.70. The smallest absolute Gasteiger partial charge is 0.0731 e. The highest BCUT2D eigenvalue weighted by molar-refractivity contribution is 6.31. The summed E-state index contributed by atoms with van der Waals surface area (Å²) in [6, 6.07) is 7.87. The fraction of sp³-hybridized carbons (Fsp3) is 0.571.